The Bertz CT molecular complexity index is 384. The van der Waals surface area contributed by atoms with Gasteiger partial charge in [0.15, 0.2) is 0 Å². The van der Waals surface area contributed by atoms with E-state index in [1.165, 1.54) is 11.1 Å². The van der Waals surface area contributed by atoms with Crippen molar-refractivity contribution in [1.82, 2.24) is 10.2 Å². The van der Waals surface area contributed by atoms with E-state index < -0.39 is 0 Å². The maximum Gasteiger partial charge on any atom is 0.119 e. The number of ether oxygens (including phenoxy) is 1. The largest absolute Gasteiger partial charge is 0.491 e. The monoisotopic (exact) mass is 248 g/mol. The predicted molar refractivity (Wildman–Crippen MR) is 75.1 cm³/mol. The van der Waals surface area contributed by atoms with Crippen LogP contribution in [0.25, 0.3) is 0 Å². The van der Waals surface area contributed by atoms with Crippen LogP contribution in [0.4, 0.5) is 0 Å². The van der Waals surface area contributed by atoms with Gasteiger partial charge in [-0.3, -0.25) is 4.90 Å². The van der Waals surface area contributed by atoms with Crippen molar-refractivity contribution < 1.29 is 4.74 Å². The number of piperazine rings is 1. The highest BCUT2D eigenvalue weighted by Crippen LogP contribution is 2.19. The summed E-state index contributed by atoms with van der Waals surface area (Å²) in [5.41, 5.74) is 2.74. The maximum atomic E-state index is 5.72. The van der Waals surface area contributed by atoms with Crippen molar-refractivity contribution >= 4 is 0 Å². The van der Waals surface area contributed by atoms with Crippen LogP contribution in [0.1, 0.15) is 25.0 Å². The summed E-state index contributed by atoms with van der Waals surface area (Å²) in [6, 6.07) is 6.44. The summed E-state index contributed by atoms with van der Waals surface area (Å²) in [6.07, 6.45) is 0.239. The molecule has 0 atom stereocenters. The maximum absolute atomic E-state index is 5.72. The van der Waals surface area contributed by atoms with Crippen molar-refractivity contribution in [2.45, 2.75) is 33.4 Å². The zero-order valence-electron chi connectivity index (χ0n) is 11.7. The van der Waals surface area contributed by atoms with Gasteiger partial charge in [-0.25, -0.2) is 0 Å². The standard InChI is InChI=1S/C15H24N2O/c1-12(2)18-15-5-4-14(13(3)10-15)11-17-8-6-16-7-9-17/h4-5,10,12,16H,6-9,11H2,1-3H3. The third-order valence-electron chi connectivity index (χ3n) is 3.29. The van der Waals surface area contributed by atoms with Gasteiger partial charge in [0.1, 0.15) is 5.75 Å². The topological polar surface area (TPSA) is 24.5 Å². The molecule has 3 heteroatoms. The molecule has 1 heterocycles. The third-order valence-corrected chi connectivity index (χ3v) is 3.29. The molecule has 100 valence electrons. The normalized spacial score (nSPS) is 17.1. The summed E-state index contributed by atoms with van der Waals surface area (Å²) in [5, 5.41) is 3.38. The highest BCUT2D eigenvalue weighted by molar-refractivity contribution is 5.34. The fourth-order valence-electron chi connectivity index (χ4n) is 2.30. The first-order chi connectivity index (χ1) is 8.65. The van der Waals surface area contributed by atoms with Crippen LogP contribution in [-0.2, 0) is 6.54 Å². The Morgan fingerprint density at radius 1 is 1.28 bits per heavy atom. The first-order valence-corrected chi connectivity index (χ1v) is 6.84. The molecule has 0 saturated carbocycles. The van der Waals surface area contributed by atoms with Crippen LogP contribution in [0.2, 0.25) is 0 Å². The summed E-state index contributed by atoms with van der Waals surface area (Å²) in [5.74, 6) is 0.978. The molecule has 1 saturated heterocycles. The van der Waals surface area contributed by atoms with Gasteiger partial charge in [0.2, 0.25) is 0 Å². The van der Waals surface area contributed by atoms with Crippen molar-refractivity contribution in [3.63, 3.8) is 0 Å². The lowest BCUT2D eigenvalue weighted by Crippen LogP contribution is -2.42. The third kappa shape index (κ3) is 3.72. The molecule has 18 heavy (non-hydrogen) atoms. The van der Waals surface area contributed by atoms with E-state index in [4.69, 9.17) is 4.74 Å². The SMILES string of the molecule is Cc1cc(OC(C)C)ccc1CN1CCNCC1. The Morgan fingerprint density at radius 3 is 2.61 bits per heavy atom. The number of hydrogen-bond acceptors (Lipinski definition) is 3. The molecular formula is C15H24N2O. The van der Waals surface area contributed by atoms with E-state index >= 15 is 0 Å². The molecule has 3 nitrogen and oxygen atoms in total. The van der Waals surface area contributed by atoms with Crippen LogP contribution >= 0.6 is 0 Å². The zero-order valence-corrected chi connectivity index (χ0v) is 11.7. The van der Waals surface area contributed by atoms with E-state index in [-0.39, 0.29) is 6.10 Å². The van der Waals surface area contributed by atoms with E-state index in [9.17, 15) is 0 Å². The minimum atomic E-state index is 0.239. The van der Waals surface area contributed by atoms with Gasteiger partial charge in [-0.15, -0.1) is 0 Å². The molecule has 2 rings (SSSR count). The number of rotatable bonds is 4. The molecule has 0 amide bonds. The van der Waals surface area contributed by atoms with E-state index in [2.05, 4.69) is 49.2 Å². The molecular weight excluding hydrogens is 224 g/mol. The molecule has 1 aromatic rings. The van der Waals surface area contributed by atoms with E-state index in [1.807, 2.05) is 0 Å². The van der Waals surface area contributed by atoms with Crippen molar-refractivity contribution in [2.24, 2.45) is 0 Å². The first-order valence-electron chi connectivity index (χ1n) is 6.84. The lowest BCUT2D eigenvalue weighted by atomic mass is 10.1. The van der Waals surface area contributed by atoms with Gasteiger partial charge in [-0.1, -0.05) is 6.07 Å². The molecule has 1 aliphatic rings. The quantitative estimate of drug-likeness (QED) is 0.884. The first kappa shape index (κ1) is 13.4. The second kappa shape index (κ2) is 6.21. The fourth-order valence-corrected chi connectivity index (χ4v) is 2.30. The van der Waals surface area contributed by atoms with Gasteiger partial charge in [-0.2, -0.15) is 0 Å². The second-order valence-electron chi connectivity index (χ2n) is 5.28. The summed E-state index contributed by atoms with van der Waals surface area (Å²) >= 11 is 0. The summed E-state index contributed by atoms with van der Waals surface area (Å²) in [7, 11) is 0. The number of hydrogen-bond donors (Lipinski definition) is 1. The smallest absolute Gasteiger partial charge is 0.119 e. The molecule has 0 aromatic heterocycles. The Hall–Kier alpha value is -1.06. The lowest BCUT2D eigenvalue weighted by Gasteiger charge is -2.27. The van der Waals surface area contributed by atoms with E-state index in [0.29, 0.717) is 0 Å². The molecule has 0 bridgehead atoms. The van der Waals surface area contributed by atoms with Crippen LogP contribution < -0.4 is 10.1 Å². The van der Waals surface area contributed by atoms with Gasteiger partial charge < -0.3 is 10.1 Å². The van der Waals surface area contributed by atoms with Crippen molar-refractivity contribution in [2.75, 3.05) is 26.2 Å². The van der Waals surface area contributed by atoms with Crippen LogP contribution in [0, 0.1) is 6.92 Å². The average Bonchev–Trinajstić information content (AvgIpc) is 2.33. The van der Waals surface area contributed by atoms with Crippen molar-refractivity contribution in [3.8, 4) is 5.75 Å². The van der Waals surface area contributed by atoms with Crippen LogP contribution in [-0.4, -0.2) is 37.2 Å². The highest BCUT2D eigenvalue weighted by Gasteiger charge is 2.11. The lowest BCUT2D eigenvalue weighted by molar-refractivity contribution is 0.231. The molecule has 1 fully saturated rings. The molecule has 1 aliphatic heterocycles. The fraction of sp³-hybridized carbons (Fsp3) is 0.600. The molecule has 0 radical (unpaired) electrons. The van der Waals surface area contributed by atoms with Gasteiger partial charge in [0.25, 0.3) is 0 Å². The minimum Gasteiger partial charge on any atom is -0.491 e. The van der Waals surface area contributed by atoms with Crippen LogP contribution in [0.3, 0.4) is 0 Å². The number of benzene rings is 1. The summed E-state index contributed by atoms with van der Waals surface area (Å²) < 4.78 is 5.72. The second-order valence-corrected chi connectivity index (χ2v) is 5.28. The number of nitrogens with one attached hydrogen (secondary N) is 1. The molecule has 0 spiro atoms. The molecule has 0 aliphatic carbocycles. The van der Waals surface area contributed by atoms with E-state index in [1.54, 1.807) is 0 Å². The van der Waals surface area contributed by atoms with Gasteiger partial charge in [0.05, 0.1) is 6.10 Å². The van der Waals surface area contributed by atoms with Gasteiger partial charge in [0, 0.05) is 32.7 Å². The Labute approximate surface area is 110 Å². The van der Waals surface area contributed by atoms with Crippen molar-refractivity contribution in [1.29, 1.82) is 0 Å². The van der Waals surface area contributed by atoms with E-state index in [0.717, 1.165) is 38.5 Å². The van der Waals surface area contributed by atoms with Gasteiger partial charge in [-0.05, 0) is 44.0 Å². The van der Waals surface area contributed by atoms with Crippen LogP contribution in [0.5, 0.6) is 5.75 Å². The predicted octanol–water partition coefficient (Wildman–Crippen LogP) is 2.19. The van der Waals surface area contributed by atoms with Gasteiger partial charge >= 0.3 is 0 Å². The Morgan fingerprint density at radius 2 is 2.00 bits per heavy atom. The summed E-state index contributed by atoms with van der Waals surface area (Å²) in [6.45, 7) is 11.8. The Balaban J connectivity index is 2.00. The number of nitrogens with zero attached hydrogens (tertiary/aromatic N) is 1. The average molecular weight is 248 g/mol. The van der Waals surface area contributed by atoms with Crippen molar-refractivity contribution in [3.05, 3.63) is 29.3 Å². The molecule has 0 unspecified atom stereocenters. The summed E-state index contributed by atoms with van der Waals surface area (Å²) in [4.78, 5) is 2.50. The minimum absolute atomic E-state index is 0.239. The Kier molecular flexibility index (Phi) is 4.61. The molecule has 1 aromatic carbocycles. The highest BCUT2D eigenvalue weighted by atomic mass is 16.5. The number of aryl methyl sites for hydroxylation is 1. The molecule has 1 N–H and O–H groups in total. The zero-order chi connectivity index (χ0) is 13.0. The van der Waals surface area contributed by atoms with Crippen LogP contribution in [0.15, 0.2) is 18.2 Å².